The lowest BCUT2D eigenvalue weighted by atomic mass is 10.2. The second-order valence-corrected chi connectivity index (χ2v) is 8.21. The fourth-order valence-corrected chi connectivity index (χ4v) is 4.21. The molecule has 0 saturated heterocycles. The minimum atomic E-state index is -3.73. The normalized spacial score (nSPS) is 12.3. The molecule has 0 radical (unpaired) electrons. The van der Waals surface area contributed by atoms with Crippen molar-refractivity contribution < 1.29 is 27.9 Å². The molecule has 1 unspecified atom stereocenters. The average molecular weight is 398 g/mol. The van der Waals surface area contributed by atoms with Gasteiger partial charge in [-0.05, 0) is 36.1 Å². The van der Waals surface area contributed by atoms with Gasteiger partial charge in [-0.2, -0.15) is 4.72 Å². The summed E-state index contributed by atoms with van der Waals surface area (Å²) in [6.07, 6.45) is 0. The van der Waals surface area contributed by atoms with Crippen molar-refractivity contribution in [2.75, 3.05) is 6.61 Å². The predicted octanol–water partition coefficient (Wildman–Crippen LogP) is 1.19. The zero-order chi connectivity index (χ0) is 19.2. The summed E-state index contributed by atoms with van der Waals surface area (Å²) in [5, 5.41) is 12.9. The van der Waals surface area contributed by atoms with Crippen LogP contribution in [0, 0.1) is 0 Å². The first-order valence-corrected chi connectivity index (χ1v) is 9.91. The van der Waals surface area contributed by atoms with Crippen molar-refractivity contribution in [2.45, 2.75) is 23.7 Å². The molecule has 2 rings (SSSR count). The molecule has 10 heteroatoms. The fourth-order valence-electron chi connectivity index (χ4n) is 1.99. The monoisotopic (exact) mass is 398 g/mol. The molecule has 3 N–H and O–H groups in total. The Labute approximate surface area is 154 Å². The van der Waals surface area contributed by atoms with Gasteiger partial charge in [0.2, 0.25) is 5.91 Å². The van der Waals surface area contributed by atoms with E-state index in [1.54, 1.807) is 35.7 Å². The minimum absolute atomic E-state index is 0.139. The molecule has 0 aliphatic heterocycles. The van der Waals surface area contributed by atoms with Crippen LogP contribution in [0.5, 0.6) is 5.75 Å². The number of carboxylic acid groups (broad SMARTS) is 1. The van der Waals surface area contributed by atoms with Crippen LogP contribution in [-0.2, 0) is 26.2 Å². The molecule has 0 saturated carbocycles. The number of hydrogen-bond acceptors (Lipinski definition) is 6. The number of sulfonamides is 1. The average Bonchev–Trinajstić information content (AvgIpc) is 3.13. The molecule has 0 aliphatic rings. The van der Waals surface area contributed by atoms with Crippen LogP contribution in [0.25, 0.3) is 0 Å². The van der Waals surface area contributed by atoms with Gasteiger partial charge in [-0.25, -0.2) is 13.2 Å². The largest absolute Gasteiger partial charge is 0.482 e. The highest BCUT2D eigenvalue weighted by molar-refractivity contribution is 7.91. The molecule has 8 nitrogen and oxygen atoms in total. The molecule has 1 atom stereocenters. The van der Waals surface area contributed by atoms with Gasteiger partial charge >= 0.3 is 5.97 Å². The van der Waals surface area contributed by atoms with E-state index in [-0.39, 0.29) is 10.8 Å². The number of amides is 1. The molecular weight excluding hydrogens is 380 g/mol. The second kappa shape index (κ2) is 8.79. The van der Waals surface area contributed by atoms with Crippen LogP contribution >= 0.6 is 11.3 Å². The van der Waals surface area contributed by atoms with Gasteiger partial charge in [0, 0.05) is 6.54 Å². The Morgan fingerprint density at radius 3 is 2.69 bits per heavy atom. The number of nitrogens with one attached hydrogen (secondary N) is 2. The van der Waals surface area contributed by atoms with Crippen LogP contribution in [0.1, 0.15) is 12.5 Å². The molecule has 140 valence electrons. The van der Waals surface area contributed by atoms with Crippen molar-refractivity contribution in [3.05, 3.63) is 47.3 Å². The summed E-state index contributed by atoms with van der Waals surface area (Å²) in [6.45, 7) is 1.14. The second-order valence-electron chi connectivity index (χ2n) is 5.32. The molecule has 1 amide bonds. The van der Waals surface area contributed by atoms with E-state index in [0.29, 0.717) is 11.3 Å². The predicted molar refractivity (Wildman–Crippen MR) is 95.5 cm³/mol. The summed E-state index contributed by atoms with van der Waals surface area (Å²) in [4.78, 5) is 22.6. The lowest BCUT2D eigenvalue weighted by molar-refractivity contribution is -0.139. The van der Waals surface area contributed by atoms with E-state index in [2.05, 4.69) is 10.0 Å². The van der Waals surface area contributed by atoms with Crippen LogP contribution < -0.4 is 14.8 Å². The van der Waals surface area contributed by atoms with Gasteiger partial charge in [-0.1, -0.05) is 18.2 Å². The molecule has 0 fully saturated rings. The quantitative estimate of drug-likeness (QED) is 0.583. The van der Waals surface area contributed by atoms with Gasteiger partial charge in [0.05, 0.1) is 6.04 Å². The molecule has 1 aromatic heterocycles. The highest BCUT2D eigenvalue weighted by atomic mass is 32.2. The van der Waals surface area contributed by atoms with Gasteiger partial charge in [-0.15, -0.1) is 11.3 Å². The van der Waals surface area contributed by atoms with Crippen LogP contribution in [0.15, 0.2) is 46.0 Å². The zero-order valence-corrected chi connectivity index (χ0v) is 15.5. The third kappa shape index (κ3) is 5.83. The fraction of sp³-hybridized carbons (Fsp3) is 0.250. The van der Waals surface area contributed by atoms with Crippen LogP contribution in [0.4, 0.5) is 0 Å². The summed E-state index contributed by atoms with van der Waals surface area (Å²) in [5.41, 5.74) is 0.689. The SMILES string of the molecule is CC(NS(=O)(=O)c1cccs1)C(=O)NCc1cccc(OCC(=O)O)c1. The molecule has 1 heterocycles. The van der Waals surface area contributed by atoms with Gasteiger partial charge in [-0.3, -0.25) is 4.79 Å². The van der Waals surface area contributed by atoms with Crippen molar-refractivity contribution in [3.8, 4) is 5.75 Å². The maximum absolute atomic E-state index is 12.1. The van der Waals surface area contributed by atoms with Crippen molar-refractivity contribution in [2.24, 2.45) is 0 Å². The van der Waals surface area contributed by atoms with Crippen LogP contribution in [0.3, 0.4) is 0 Å². The lowest BCUT2D eigenvalue weighted by Gasteiger charge is -2.14. The topological polar surface area (TPSA) is 122 Å². The van der Waals surface area contributed by atoms with Gasteiger partial charge in [0.1, 0.15) is 9.96 Å². The Balaban J connectivity index is 1.90. The number of thiophene rings is 1. The smallest absolute Gasteiger partial charge is 0.341 e. The zero-order valence-electron chi connectivity index (χ0n) is 13.8. The molecule has 2 aromatic rings. The van der Waals surface area contributed by atoms with E-state index in [4.69, 9.17) is 9.84 Å². The van der Waals surface area contributed by atoms with Crippen molar-refractivity contribution in [3.63, 3.8) is 0 Å². The Bertz CT molecular complexity index is 865. The van der Waals surface area contributed by atoms with Gasteiger partial charge in [0.15, 0.2) is 6.61 Å². The summed E-state index contributed by atoms with van der Waals surface area (Å²) in [6, 6.07) is 8.73. The number of carboxylic acids is 1. The van der Waals surface area contributed by atoms with Crippen molar-refractivity contribution in [1.29, 1.82) is 0 Å². The summed E-state index contributed by atoms with van der Waals surface area (Å²) in [5.74, 6) is -1.21. The van der Waals surface area contributed by atoms with Gasteiger partial charge < -0.3 is 15.2 Å². The Kier molecular flexibility index (Phi) is 6.72. The van der Waals surface area contributed by atoms with E-state index in [1.807, 2.05) is 0 Å². The number of aliphatic carboxylic acids is 1. The first-order valence-electron chi connectivity index (χ1n) is 7.55. The standard InChI is InChI=1S/C16H18N2O6S2/c1-11(18-26(22,23)15-6-3-7-25-15)16(21)17-9-12-4-2-5-13(8-12)24-10-14(19)20/h2-8,11,18H,9-10H2,1H3,(H,17,21)(H,19,20). The maximum Gasteiger partial charge on any atom is 0.341 e. The van der Waals surface area contributed by atoms with E-state index >= 15 is 0 Å². The molecule has 0 spiro atoms. The van der Waals surface area contributed by atoms with Crippen LogP contribution in [-0.4, -0.2) is 38.0 Å². The molecule has 26 heavy (non-hydrogen) atoms. The number of benzene rings is 1. The first-order chi connectivity index (χ1) is 12.3. The van der Waals surface area contributed by atoms with E-state index < -0.39 is 34.5 Å². The number of carbonyl (C=O) groups is 2. The Morgan fingerprint density at radius 1 is 1.27 bits per heavy atom. The number of ether oxygens (including phenoxy) is 1. The van der Waals surface area contributed by atoms with Crippen LogP contribution in [0.2, 0.25) is 0 Å². The van der Waals surface area contributed by atoms with E-state index in [9.17, 15) is 18.0 Å². The number of hydrogen-bond donors (Lipinski definition) is 3. The third-order valence-electron chi connectivity index (χ3n) is 3.21. The summed E-state index contributed by atoms with van der Waals surface area (Å²) < 4.78 is 31.7. The molecule has 1 aromatic carbocycles. The Morgan fingerprint density at radius 2 is 2.04 bits per heavy atom. The maximum atomic E-state index is 12.1. The summed E-state index contributed by atoms with van der Waals surface area (Å²) >= 11 is 1.06. The first kappa shape index (κ1) is 19.9. The van der Waals surface area contributed by atoms with Gasteiger partial charge in [0.25, 0.3) is 10.0 Å². The third-order valence-corrected chi connectivity index (χ3v) is 6.15. The highest BCUT2D eigenvalue weighted by Crippen LogP contribution is 2.16. The van der Waals surface area contributed by atoms with Crippen molar-refractivity contribution >= 4 is 33.2 Å². The number of rotatable bonds is 9. The molecular formula is C16H18N2O6S2. The summed E-state index contributed by atoms with van der Waals surface area (Å²) in [7, 11) is -3.73. The molecule has 0 bridgehead atoms. The van der Waals surface area contributed by atoms with Crippen molar-refractivity contribution in [1.82, 2.24) is 10.0 Å². The van der Waals surface area contributed by atoms with E-state index in [0.717, 1.165) is 11.3 Å². The highest BCUT2D eigenvalue weighted by Gasteiger charge is 2.22. The Hall–Kier alpha value is -2.43. The minimum Gasteiger partial charge on any atom is -0.482 e. The number of carbonyl (C=O) groups excluding carboxylic acids is 1. The lowest BCUT2D eigenvalue weighted by Crippen LogP contribution is -2.44. The van der Waals surface area contributed by atoms with E-state index in [1.165, 1.54) is 13.0 Å². The molecule has 0 aliphatic carbocycles.